The number of rotatable bonds is 5. The maximum atomic E-state index is 9.82. The number of benzene rings is 1. The van der Waals surface area contributed by atoms with Gasteiger partial charge in [0.15, 0.2) is 5.79 Å². The minimum absolute atomic E-state index is 0.620. The molecule has 0 bridgehead atoms. The summed E-state index contributed by atoms with van der Waals surface area (Å²) in [5, 5.41) is 9.82. The van der Waals surface area contributed by atoms with E-state index in [2.05, 4.69) is 12.1 Å². The molecular formula is C16H24O3. The van der Waals surface area contributed by atoms with Gasteiger partial charge in [-0.1, -0.05) is 30.3 Å². The van der Waals surface area contributed by atoms with E-state index in [0.29, 0.717) is 0 Å². The third kappa shape index (κ3) is 4.03. The Labute approximate surface area is 115 Å². The molecule has 19 heavy (non-hydrogen) atoms. The lowest BCUT2D eigenvalue weighted by atomic mass is 9.94. The number of hydrogen-bond donors (Lipinski definition) is 1. The van der Waals surface area contributed by atoms with Crippen LogP contribution in [0.1, 0.15) is 45.1 Å². The summed E-state index contributed by atoms with van der Waals surface area (Å²) in [5.41, 5.74) is 0.442. The van der Waals surface area contributed by atoms with Crippen molar-refractivity contribution in [1.29, 1.82) is 0 Å². The summed E-state index contributed by atoms with van der Waals surface area (Å²) >= 11 is 0. The molecule has 0 aromatic heterocycles. The smallest absolute Gasteiger partial charge is 0.194 e. The molecule has 1 aromatic rings. The van der Waals surface area contributed by atoms with Gasteiger partial charge in [-0.2, -0.15) is 0 Å². The molecule has 0 unspecified atom stereocenters. The van der Waals surface area contributed by atoms with Crippen LogP contribution in [0.4, 0.5) is 0 Å². The zero-order valence-electron chi connectivity index (χ0n) is 11.9. The van der Waals surface area contributed by atoms with Gasteiger partial charge in [-0.15, -0.1) is 0 Å². The van der Waals surface area contributed by atoms with Crippen molar-refractivity contribution in [3.05, 3.63) is 35.9 Å². The third-order valence-corrected chi connectivity index (χ3v) is 3.47. The molecule has 1 saturated heterocycles. The van der Waals surface area contributed by atoms with Crippen molar-refractivity contribution in [3.8, 4) is 0 Å². The van der Waals surface area contributed by atoms with Crippen LogP contribution in [0.3, 0.4) is 0 Å². The molecule has 1 N–H and O–H groups in total. The van der Waals surface area contributed by atoms with Gasteiger partial charge in [0.2, 0.25) is 0 Å². The van der Waals surface area contributed by atoms with Crippen LogP contribution in [0, 0.1) is 0 Å². The van der Waals surface area contributed by atoms with Gasteiger partial charge in [-0.25, -0.2) is 0 Å². The lowest BCUT2D eigenvalue weighted by molar-refractivity contribution is -0.281. The largest absolute Gasteiger partial charge is 0.390 e. The molecule has 1 fully saturated rings. The van der Waals surface area contributed by atoms with Crippen LogP contribution in [0.15, 0.2) is 30.3 Å². The Bertz CT molecular complexity index is 375. The topological polar surface area (TPSA) is 38.7 Å². The maximum absolute atomic E-state index is 9.82. The van der Waals surface area contributed by atoms with E-state index in [9.17, 15) is 5.11 Å². The molecule has 2 rings (SSSR count). The standard InChI is InChI=1S/C16H24O3/c1-15(2,17)10-6-11-16(18-12-7-13-19-16)14-8-4-3-5-9-14/h3-5,8-9,17H,6-7,10-13H2,1-2H3. The fraction of sp³-hybridized carbons (Fsp3) is 0.625. The Kier molecular flexibility index (Phi) is 4.61. The zero-order chi connectivity index (χ0) is 13.8. The van der Waals surface area contributed by atoms with Crippen molar-refractivity contribution in [3.63, 3.8) is 0 Å². The molecule has 106 valence electrons. The van der Waals surface area contributed by atoms with Gasteiger partial charge < -0.3 is 14.6 Å². The first kappa shape index (κ1) is 14.5. The summed E-state index contributed by atoms with van der Waals surface area (Å²) < 4.78 is 11.9. The molecule has 3 heteroatoms. The molecule has 0 spiro atoms. The highest BCUT2D eigenvalue weighted by atomic mass is 16.7. The van der Waals surface area contributed by atoms with Crippen molar-refractivity contribution in [1.82, 2.24) is 0 Å². The number of hydrogen-bond acceptors (Lipinski definition) is 3. The highest BCUT2D eigenvalue weighted by molar-refractivity contribution is 5.20. The van der Waals surface area contributed by atoms with Gasteiger partial charge in [0.25, 0.3) is 0 Å². The molecule has 0 saturated carbocycles. The van der Waals surface area contributed by atoms with E-state index in [1.165, 1.54) is 0 Å². The Morgan fingerprint density at radius 3 is 2.37 bits per heavy atom. The summed E-state index contributed by atoms with van der Waals surface area (Å²) in [7, 11) is 0. The molecule has 1 aliphatic heterocycles. The normalized spacial score (nSPS) is 19.3. The SMILES string of the molecule is CC(C)(O)CCCC1(c2ccccc2)OCCCO1. The monoisotopic (exact) mass is 264 g/mol. The second-order valence-corrected chi connectivity index (χ2v) is 5.84. The lowest BCUT2D eigenvalue weighted by Gasteiger charge is -2.38. The fourth-order valence-electron chi connectivity index (χ4n) is 2.48. The van der Waals surface area contributed by atoms with Crippen LogP contribution in [0.25, 0.3) is 0 Å². The second-order valence-electron chi connectivity index (χ2n) is 5.84. The Morgan fingerprint density at radius 1 is 1.16 bits per heavy atom. The Morgan fingerprint density at radius 2 is 1.79 bits per heavy atom. The molecule has 0 amide bonds. The van der Waals surface area contributed by atoms with Crippen LogP contribution in [-0.2, 0) is 15.3 Å². The Hall–Kier alpha value is -0.900. The van der Waals surface area contributed by atoms with Crippen molar-refractivity contribution >= 4 is 0 Å². The summed E-state index contributed by atoms with van der Waals surface area (Å²) in [5.74, 6) is -0.620. The molecular weight excluding hydrogens is 240 g/mol. The van der Waals surface area contributed by atoms with E-state index < -0.39 is 11.4 Å². The highest BCUT2D eigenvalue weighted by Gasteiger charge is 2.36. The summed E-state index contributed by atoms with van der Waals surface area (Å²) in [4.78, 5) is 0. The van der Waals surface area contributed by atoms with E-state index in [0.717, 1.165) is 44.5 Å². The molecule has 1 heterocycles. The van der Waals surface area contributed by atoms with Crippen molar-refractivity contribution in [2.45, 2.75) is 50.9 Å². The molecule has 0 aliphatic carbocycles. The van der Waals surface area contributed by atoms with E-state index in [-0.39, 0.29) is 0 Å². The van der Waals surface area contributed by atoms with E-state index in [1.807, 2.05) is 32.0 Å². The van der Waals surface area contributed by atoms with E-state index >= 15 is 0 Å². The minimum atomic E-state index is -0.632. The third-order valence-electron chi connectivity index (χ3n) is 3.47. The average Bonchev–Trinajstić information content (AvgIpc) is 2.39. The van der Waals surface area contributed by atoms with Crippen LogP contribution in [-0.4, -0.2) is 23.9 Å². The number of aliphatic hydroxyl groups is 1. The van der Waals surface area contributed by atoms with Crippen LogP contribution in [0.2, 0.25) is 0 Å². The van der Waals surface area contributed by atoms with Crippen molar-refractivity contribution in [2.24, 2.45) is 0 Å². The average molecular weight is 264 g/mol. The molecule has 1 aliphatic rings. The van der Waals surface area contributed by atoms with Crippen LogP contribution >= 0.6 is 0 Å². The summed E-state index contributed by atoms with van der Waals surface area (Å²) in [6, 6.07) is 10.1. The zero-order valence-corrected chi connectivity index (χ0v) is 11.9. The van der Waals surface area contributed by atoms with Gasteiger partial charge in [0.05, 0.1) is 18.8 Å². The lowest BCUT2D eigenvalue weighted by Crippen LogP contribution is -2.38. The predicted octanol–water partition coefficient (Wildman–Crippen LogP) is 3.22. The molecule has 0 atom stereocenters. The Balaban J connectivity index is 2.07. The first-order valence-electron chi connectivity index (χ1n) is 7.08. The fourth-order valence-corrected chi connectivity index (χ4v) is 2.48. The van der Waals surface area contributed by atoms with Gasteiger partial charge >= 0.3 is 0 Å². The molecule has 3 nitrogen and oxygen atoms in total. The summed E-state index contributed by atoms with van der Waals surface area (Å²) in [6.45, 7) is 5.14. The van der Waals surface area contributed by atoms with Crippen molar-refractivity contribution < 1.29 is 14.6 Å². The van der Waals surface area contributed by atoms with Crippen molar-refractivity contribution in [2.75, 3.05) is 13.2 Å². The highest BCUT2D eigenvalue weighted by Crippen LogP contribution is 2.36. The quantitative estimate of drug-likeness (QED) is 0.887. The van der Waals surface area contributed by atoms with Crippen LogP contribution < -0.4 is 0 Å². The first-order valence-corrected chi connectivity index (χ1v) is 7.08. The van der Waals surface area contributed by atoms with E-state index in [4.69, 9.17) is 9.47 Å². The minimum Gasteiger partial charge on any atom is -0.390 e. The molecule has 1 aromatic carbocycles. The second kappa shape index (κ2) is 6.04. The van der Waals surface area contributed by atoms with Gasteiger partial charge in [-0.05, 0) is 33.1 Å². The molecule has 0 radical (unpaired) electrons. The first-order chi connectivity index (χ1) is 9.02. The van der Waals surface area contributed by atoms with Gasteiger partial charge in [-0.3, -0.25) is 0 Å². The van der Waals surface area contributed by atoms with Crippen LogP contribution in [0.5, 0.6) is 0 Å². The van der Waals surface area contributed by atoms with Gasteiger partial charge in [0.1, 0.15) is 0 Å². The van der Waals surface area contributed by atoms with Gasteiger partial charge in [0, 0.05) is 12.0 Å². The maximum Gasteiger partial charge on any atom is 0.194 e. The number of ether oxygens (including phenoxy) is 2. The predicted molar refractivity (Wildman–Crippen MR) is 74.8 cm³/mol. The summed E-state index contributed by atoms with van der Waals surface area (Å²) in [6.07, 6.45) is 3.34. The van der Waals surface area contributed by atoms with E-state index in [1.54, 1.807) is 0 Å².